The minimum absolute atomic E-state index is 0.234. The standard InChI is InChI=1S/C9H22O6P2/c1-7(2)9(8(3)4,5-16(10,11)12)6-17(13,14)15/h7-8H,5-6H2,1-4H3,(H2,10,11,12)(H2,13,14,15). The molecule has 6 nitrogen and oxygen atoms in total. The Hall–Kier alpha value is 0.300. The van der Waals surface area contributed by atoms with Crippen LogP contribution >= 0.6 is 15.2 Å². The number of rotatable bonds is 6. The van der Waals surface area contributed by atoms with Gasteiger partial charge in [-0.15, -0.1) is 0 Å². The fourth-order valence-electron chi connectivity index (χ4n) is 2.21. The molecule has 0 aromatic rings. The molecule has 0 amide bonds. The van der Waals surface area contributed by atoms with Gasteiger partial charge in [-0.2, -0.15) is 0 Å². The Labute approximate surface area is 102 Å². The highest BCUT2D eigenvalue weighted by Crippen LogP contribution is 2.55. The molecule has 0 spiro atoms. The van der Waals surface area contributed by atoms with E-state index in [4.69, 9.17) is 19.6 Å². The Morgan fingerprint density at radius 2 is 1.06 bits per heavy atom. The molecule has 0 aromatic carbocycles. The predicted molar refractivity (Wildman–Crippen MR) is 65.9 cm³/mol. The fraction of sp³-hybridized carbons (Fsp3) is 1.00. The molecule has 0 radical (unpaired) electrons. The summed E-state index contributed by atoms with van der Waals surface area (Å²) >= 11 is 0. The highest BCUT2D eigenvalue weighted by molar-refractivity contribution is 7.53. The van der Waals surface area contributed by atoms with Crippen molar-refractivity contribution in [1.82, 2.24) is 0 Å². The first-order valence-corrected chi connectivity index (χ1v) is 8.99. The van der Waals surface area contributed by atoms with Crippen molar-refractivity contribution in [3.8, 4) is 0 Å². The normalized spacial score (nSPS) is 14.7. The Kier molecular flexibility index (Phi) is 5.61. The largest absolute Gasteiger partial charge is 0.326 e. The first-order valence-electron chi connectivity index (χ1n) is 5.39. The molecule has 17 heavy (non-hydrogen) atoms. The SMILES string of the molecule is CC(C)C(CP(=O)(O)O)(CP(=O)(O)O)C(C)C. The van der Waals surface area contributed by atoms with Gasteiger partial charge in [0.2, 0.25) is 0 Å². The zero-order chi connectivity index (χ0) is 14.1. The average Bonchev–Trinajstić information content (AvgIpc) is 1.96. The highest BCUT2D eigenvalue weighted by atomic mass is 31.2. The van der Waals surface area contributed by atoms with Crippen LogP contribution in [0.1, 0.15) is 27.7 Å². The monoisotopic (exact) mass is 288 g/mol. The van der Waals surface area contributed by atoms with Crippen molar-refractivity contribution in [3.63, 3.8) is 0 Å². The second kappa shape index (κ2) is 5.52. The van der Waals surface area contributed by atoms with E-state index in [1.807, 2.05) is 0 Å². The lowest BCUT2D eigenvalue weighted by Gasteiger charge is -2.41. The molecule has 0 aromatic heterocycles. The molecule has 0 heterocycles. The highest BCUT2D eigenvalue weighted by Gasteiger charge is 2.46. The van der Waals surface area contributed by atoms with Crippen LogP contribution in [0.25, 0.3) is 0 Å². The van der Waals surface area contributed by atoms with Crippen LogP contribution in [-0.4, -0.2) is 31.9 Å². The Balaban J connectivity index is 5.45. The van der Waals surface area contributed by atoms with Crippen molar-refractivity contribution in [2.45, 2.75) is 27.7 Å². The minimum Gasteiger partial charge on any atom is -0.324 e. The Morgan fingerprint density at radius 3 is 1.18 bits per heavy atom. The van der Waals surface area contributed by atoms with Gasteiger partial charge < -0.3 is 19.6 Å². The number of hydrogen-bond acceptors (Lipinski definition) is 2. The van der Waals surface area contributed by atoms with Crippen LogP contribution in [0.2, 0.25) is 0 Å². The summed E-state index contributed by atoms with van der Waals surface area (Å²) in [5.74, 6) is -0.467. The van der Waals surface area contributed by atoms with Crippen molar-refractivity contribution in [3.05, 3.63) is 0 Å². The molecule has 0 saturated heterocycles. The zero-order valence-electron chi connectivity index (χ0n) is 10.6. The van der Waals surface area contributed by atoms with E-state index in [0.29, 0.717) is 0 Å². The van der Waals surface area contributed by atoms with E-state index in [0.717, 1.165) is 0 Å². The van der Waals surface area contributed by atoms with Crippen LogP contribution in [0, 0.1) is 17.3 Å². The summed E-state index contributed by atoms with van der Waals surface area (Å²) in [6.07, 6.45) is -0.999. The maximum absolute atomic E-state index is 11.2. The van der Waals surface area contributed by atoms with E-state index in [1.54, 1.807) is 27.7 Å². The molecule has 0 unspecified atom stereocenters. The van der Waals surface area contributed by atoms with Gasteiger partial charge in [0, 0.05) is 0 Å². The molecule has 0 aliphatic rings. The second-order valence-electron chi connectivity index (χ2n) is 5.19. The topological polar surface area (TPSA) is 115 Å². The summed E-state index contributed by atoms with van der Waals surface area (Å²) < 4.78 is 22.4. The summed E-state index contributed by atoms with van der Waals surface area (Å²) in [7, 11) is -8.65. The second-order valence-corrected chi connectivity index (χ2v) is 8.48. The zero-order valence-corrected chi connectivity index (χ0v) is 12.4. The molecule has 8 heteroatoms. The van der Waals surface area contributed by atoms with E-state index >= 15 is 0 Å². The third-order valence-electron chi connectivity index (χ3n) is 3.30. The lowest BCUT2D eigenvalue weighted by atomic mass is 9.72. The van der Waals surface area contributed by atoms with E-state index < -0.39 is 32.9 Å². The first kappa shape index (κ1) is 17.3. The van der Waals surface area contributed by atoms with E-state index in [-0.39, 0.29) is 11.8 Å². The summed E-state index contributed by atoms with van der Waals surface area (Å²) in [5.41, 5.74) is -1.06. The van der Waals surface area contributed by atoms with Crippen molar-refractivity contribution in [2.24, 2.45) is 17.3 Å². The third kappa shape index (κ3) is 5.64. The predicted octanol–water partition coefficient (Wildman–Crippen LogP) is 1.64. The molecule has 0 aliphatic heterocycles. The molecule has 0 saturated carbocycles. The Bertz CT molecular complexity index is 305. The molecule has 0 fully saturated rings. The summed E-state index contributed by atoms with van der Waals surface area (Å²) in [5, 5.41) is 0. The molecular weight excluding hydrogens is 266 g/mol. The quantitative estimate of drug-likeness (QED) is 0.552. The summed E-state index contributed by atoms with van der Waals surface area (Å²) in [6, 6.07) is 0. The van der Waals surface area contributed by atoms with Crippen LogP contribution < -0.4 is 0 Å². The Morgan fingerprint density at radius 1 is 0.824 bits per heavy atom. The fourth-order valence-corrected chi connectivity index (χ4v) is 5.61. The van der Waals surface area contributed by atoms with Gasteiger partial charge in [-0.25, -0.2) is 0 Å². The van der Waals surface area contributed by atoms with Gasteiger partial charge in [0.25, 0.3) is 0 Å². The van der Waals surface area contributed by atoms with Gasteiger partial charge in [-0.3, -0.25) is 9.13 Å². The van der Waals surface area contributed by atoms with Gasteiger partial charge in [0.05, 0.1) is 12.3 Å². The lowest BCUT2D eigenvalue weighted by Crippen LogP contribution is -2.40. The molecule has 0 bridgehead atoms. The van der Waals surface area contributed by atoms with Crippen LogP contribution in [0.5, 0.6) is 0 Å². The van der Waals surface area contributed by atoms with Crippen molar-refractivity contribution in [2.75, 3.05) is 12.3 Å². The number of hydrogen-bond donors (Lipinski definition) is 4. The maximum Gasteiger partial charge on any atom is 0.326 e. The van der Waals surface area contributed by atoms with Crippen molar-refractivity contribution in [1.29, 1.82) is 0 Å². The van der Waals surface area contributed by atoms with Gasteiger partial charge >= 0.3 is 15.2 Å². The van der Waals surface area contributed by atoms with Gasteiger partial charge in [0.1, 0.15) is 0 Å². The molecule has 0 rings (SSSR count). The molecular formula is C9H22O6P2. The van der Waals surface area contributed by atoms with Gasteiger partial charge in [-0.1, -0.05) is 27.7 Å². The smallest absolute Gasteiger partial charge is 0.324 e. The first-order chi connectivity index (χ1) is 7.30. The lowest BCUT2D eigenvalue weighted by molar-refractivity contribution is 0.152. The van der Waals surface area contributed by atoms with Crippen molar-refractivity contribution >= 4 is 15.2 Å². The molecule has 4 N–H and O–H groups in total. The summed E-state index contributed by atoms with van der Waals surface area (Å²) in [4.78, 5) is 36.4. The van der Waals surface area contributed by atoms with E-state index in [9.17, 15) is 9.13 Å². The van der Waals surface area contributed by atoms with Gasteiger partial charge in [0.15, 0.2) is 0 Å². The van der Waals surface area contributed by atoms with Crippen LogP contribution in [-0.2, 0) is 9.13 Å². The molecule has 104 valence electrons. The minimum atomic E-state index is -4.32. The van der Waals surface area contributed by atoms with E-state index in [1.165, 1.54) is 0 Å². The van der Waals surface area contributed by atoms with Crippen LogP contribution in [0.3, 0.4) is 0 Å². The van der Waals surface area contributed by atoms with Gasteiger partial charge in [-0.05, 0) is 17.3 Å². The maximum atomic E-state index is 11.2. The average molecular weight is 288 g/mol. The molecule has 0 aliphatic carbocycles. The molecule has 0 atom stereocenters. The van der Waals surface area contributed by atoms with E-state index in [2.05, 4.69) is 0 Å². The van der Waals surface area contributed by atoms with Crippen LogP contribution in [0.4, 0.5) is 0 Å². The summed E-state index contributed by atoms with van der Waals surface area (Å²) in [6.45, 7) is 6.91. The third-order valence-corrected chi connectivity index (χ3v) is 5.30. The van der Waals surface area contributed by atoms with Crippen LogP contribution in [0.15, 0.2) is 0 Å². The van der Waals surface area contributed by atoms with Crippen molar-refractivity contribution < 1.29 is 28.7 Å².